The van der Waals surface area contributed by atoms with E-state index in [0.717, 1.165) is 23.2 Å². The van der Waals surface area contributed by atoms with Crippen molar-refractivity contribution < 1.29 is 9.90 Å². The molecule has 7 heteroatoms. The van der Waals surface area contributed by atoms with Gasteiger partial charge in [0, 0.05) is 4.88 Å². The van der Waals surface area contributed by atoms with E-state index in [4.69, 9.17) is 5.11 Å². The maximum absolute atomic E-state index is 11.4. The van der Waals surface area contributed by atoms with Crippen LogP contribution >= 0.6 is 11.3 Å². The Labute approximate surface area is 210 Å². The predicted molar refractivity (Wildman–Crippen MR) is 145 cm³/mol. The van der Waals surface area contributed by atoms with Crippen molar-refractivity contribution in [1.82, 2.24) is 9.97 Å². The third-order valence-electron chi connectivity index (χ3n) is 7.59. The topological polar surface area (TPSA) is 103 Å². The lowest BCUT2D eigenvalue weighted by Gasteiger charge is -2.27. The minimum atomic E-state index is -1.17. The van der Waals surface area contributed by atoms with Crippen molar-refractivity contribution >= 4 is 49.1 Å². The second kappa shape index (κ2) is 8.75. The minimum absolute atomic E-state index is 0.0320. The Morgan fingerprint density at radius 1 is 0.944 bits per heavy atom. The number of aromatic amines is 2. The number of aryl methyl sites for hydroxylation is 2. The molecule has 3 aromatic carbocycles. The zero-order chi connectivity index (χ0) is 25.0. The van der Waals surface area contributed by atoms with Gasteiger partial charge < -0.3 is 5.11 Å². The smallest absolute Gasteiger partial charge is 0.337 e. The fourth-order valence-electron chi connectivity index (χ4n) is 5.84. The molecule has 3 N–H and O–H groups in total. The number of aromatic carboxylic acids is 1. The van der Waals surface area contributed by atoms with E-state index >= 15 is 0 Å². The summed E-state index contributed by atoms with van der Waals surface area (Å²) >= 11 is 1.08. The Kier molecular flexibility index (Phi) is 5.52. The van der Waals surface area contributed by atoms with E-state index in [1.165, 1.54) is 53.6 Å². The molecular weight excluding hydrogens is 472 g/mol. The molecule has 2 aliphatic rings. The van der Waals surface area contributed by atoms with Gasteiger partial charge in [-0.25, -0.2) is 9.59 Å². The highest BCUT2D eigenvalue weighted by molar-refractivity contribution is 7.19. The molecule has 0 saturated heterocycles. The summed E-state index contributed by atoms with van der Waals surface area (Å²) in [6.45, 7) is 1.59. The molecule has 5 aromatic rings. The first-order valence-corrected chi connectivity index (χ1v) is 13.2. The summed E-state index contributed by atoms with van der Waals surface area (Å²) in [5.41, 5.74) is 1.97. The van der Waals surface area contributed by atoms with Crippen molar-refractivity contribution in [3.63, 3.8) is 0 Å². The van der Waals surface area contributed by atoms with E-state index in [-0.39, 0.29) is 10.9 Å². The highest BCUT2D eigenvalue weighted by atomic mass is 32.1. The van der Waals surface area contributed by atoms with Crippen LogP contribution in [0, 0.1) is 12.8 Å². The van der Waals surface area contributed by atoms with Gasteiger partial charge in [0.25, 0.3) is 5.56 Å². The molecule has 2 heterocycles. The van der Waals surface area contributed by atoms with Crippen LogP contribution in [0.15, 0.2) is 58.1 Å². The van der Waals surface area contributed by atoms with Gasteiger partial charge in [-0.15, -0.1) is 11.3 Å². The molecule has 1 fully saturated rings. The van der Waals surface area contributed by atoms with Crippen LogP contribution in [-0.4, -0.2) is 21.0 Å². The number of carboxylic acids is 1. The molecule has 182 valence electrons. The van der Waals surface area contributed by atoms with Crippen LogP contribution < -0.4 is 11.2 Å². The number of nitrogens with one attached hydrogen (secondary N) is 2. The Bertz CT molecular complexity index is 1770. The van der Waals surface area contributed by atoms with Crippen molar-refractivity contribution in [2.45, 2.75) is 44.9 Å². The van der Waals surface area contributed by atoms with Gasteiger partial charge in [0.1, 0.15) is 4.83 Å². The van der Waals surface area contributed by atoms with Crippen molar-refractivity contribution in [3.8, 4) is 0 Å². The van der Waals surface area contributed by atoms with Crippen molar-refractivity contribution in [2.24, 2.45) is 5.92 Å². The first-order valence-electron chi connectivity index (χ1n) is 12.3. The normalized spacial score (nSPS) is 17.1. The molecule has 0 radical (unpaired) electrons. The molecule has 1 saturated carbocycles. The molecule has 1 unspecified atom stereocenters. The van der Waals surface area contributed by atoms with E-state index < -0.39 is 17.2 Å². The predicted octanol–water partition coefficient (Wildman–Crippen LogP) is 6.11. The van der Waals surface area contributed by atoms with Crippen LogP contribution in [0.25, 0.3) is 31.8 Å². The molecule has 0 bridgehead atoms. The monoisotopic (exact) mass is 498 g/mol. The maximum Gasteiger partial charge on any atom is 0.337 e. The van der Waals surface area contributed by atoms with Crippen LogP contribution in [-0.2, 0) is 6.42 Å². The Morgan fingerprint density at radius 3 is 2.50 bits per heavy atom. The van der Waals surface area contributed by atoms with Gasteiger partial charge in [0.2, 0.25) is 0 Å². The fraction of sp³-hybridized carbons (Fsp3) is 0.276. The summed E-state index contributed by atoms with van der Waals surface area (Å²) in [6.07, 6.45) is 6.98. The standard InChI is InChI=1S/C21H20.C8H6N2O4S/c1-2-5-16-14(4-1)10-11-21-18-7-3-6-17(15-8-9-15)19(18)12-13-20(16)21;1-2-3(7(12)13)4-5(11)9-8(14)10-6(4)15-2/h1-2,4-5,10-13,15,17H,3,6-9H2;1H3,(H,12,13)(H2,9,10,11,14). The largest absolute Gasteiger partial charge is 0.478 e. The Hall–Kier alpha value is -3.71. The molecule has 0 amide bonds. The second-order valence-corrected chi connectivity index (χ2v) is 11.0. The second-order valence-electron chi connectivity index (χ2n) is 9.80. The average molecular weight is 499 g/mol. The quantitative estimate of drug-likeness (QED) is 0.256. The number of hydrogen-bond donors (Lipinski definition) is 3. The van der Waals surface area contributed by atoms with Crippen molar-refractivity contribution in [2.75, 3.05) is 0 Å². The molecule has 2 aliphatic carbocycles. The molecule has 2 aromatic heterocycles. The van der Waals surface area contributed by atoms with Crippen LogP contribution in [0.1, 0.15) is 58.0 Å². The van der Waals surface area contributed by atoms with E-state index in [1.807, 2.05) is 4.98 Å². The summed E-state index contributed by atoms with van der Waals surface area (Å²) < 4.78 is 0. The highest BCUT2D eigenvalue weighted by Gasteiger charge is 2.35. The van der Waals surface area contributed by atoms with Crippen LogP contribution in [0.3, 0.4) is 0 Å². The van der Waals surface area contributed by atoms with Crippen LogP contribution in [0.5, 0.6) is 0 Å². The molecular formula is C29H26N2O4S. The molecule has 36 heavy (non-hydrogen) atoms. The number of carboxylic acid groups (broad SMARTS) is 1. The van der Waals surface area contributed by atoms with Gasteiger partial charge >= 0.3 is 11.7 Å². The number of carbonyl (C=O) groups is 1. The first-order chi connectivity index (χ1) is 17.4. The number of H-pyrrole nitrogens is 2. The van der Waals surface area contributed by atoms with Crippen LogP contribution in [0.2, 0.25) is 0 Å². The SMILES string of the molecule is Cc1sc2[nH]c(=O)[nH]c(=O)c2c1C(=O)O.c1ccc2c(c1)ccc1c3c(ccc12)C(C1CC1)CCC3. The van der Waals surface area contributed by atoms with Gasteiger partial charge in [-0.05, 0) is 83.5 Å². The van der Waals surface area contributed by atoms with Crippen molar-refractivity contribution in [1.29, 1.82) is 0 Å². The number of benzene rings is 3. The zero-order valence-electron chi connectivity index (χ0n) is 19.9. The van der Waals surface area contributed by atoms with Gasteiger partial charge in [0.15, 0.2) is 0 Å². The first kappa shape index (κ1) is 22.7. The molecule has 6 nitrogen and oxygen atoms in total. The lowest BCUT2D eigenvalue weighted by Crippen LogP contribution is -2.22. The van der Waals surface area contributed by atoms with Crippen molar-refractivity contribution in [3.05, 3.63) is 90.9 Å². The number of aromatic nitrogens is 2. The number of hydrogen-bond acceptors (Lipinski definition) is 4. The third-order valence-corrected chi connectivity index (χ3v) is 8.61. The van der Waals surface area contributed by atoms with E-state index in [0.29, 0.717) is 9.71 Å². The summed E-state index contributed by atoms with van der Waals surface area (Å²) in [7, 11) is 0. The van der Waals surface area contributed by atoms with Gasteiger partial charge in [-0.3, -0.25) is 14.8 Å². The molecule has 1 atom stereocenters. The number of rotatable bonds is 2. The summed E-state index contributed by atoms with van der Waals surface area (Å²) in [6, 6.07) is 18.3. The Morgan fingerprint density at radius 2 is 1.72 bits per heavy atom. The van der Waals surface area contributed by atoms with Gasteiger partial charge in [-0.2, -0.15) is 0 Å². The maximum atomic E-state index is 11.4. The van der Waals surface area contributed by atoms with Gasteiger partial charge in [-0.1, -0.05) is 48.5 Å². The fourth-order valence-corrected chi connectivity index (χ4v) is 6.88. The molecule has 7 rings (SSSR count). The average Bonchev–Trinajstić information content (AvgIpc) is 3.65. The highest BCUT2D eigenvalue weighted by Crippen LogP contribution is 2.49. The number of fused-ring (bicyclic) bond motifs is 6. The lowest BCUT2D eigenvalue weighted by atomic mass is 9.78. The van der Waals surface area contributed by atoms with Gasteiger partial charge in [0.05, 0.1) is 10.9 Å². The van der Waals surface area contributed by atoms with E-state index in [2.05, 4.69) is 53.5 Å². The summed E-state index contributed by atoms with van der Waals surface area (Å²) in [5.74, 6) is 0.669. The van der Waals surface area contributed by atoms with E-state index in [1.54, 1.807) is 18.1 Å². The molecule has 0 spiro atoms. The van der Waals surface area contributed by atoms with E-state index in [9.17, 15) is 14.4 Å². The third kappa shape index (κ3) is 3.84. The minimum Gasteiger partial charge on any atom is -0.478 e. The summed E-state index contributed by atoms with van der Waals surface area (Å²) in [4.78, 5) is 38.4. The Balaban J connectivity index is 0.000000142. The zero-order valence-corrected chi connectivity index (χ0v) is 20.7. The lowest BCUT2D eigenvalue weighted by molar-refractivity contribution is 0.0698. The van der Waals surface area contributed by atoms with Crippen LogP contribution in [0.4, 0.5) is 0 Å². The summed E-state index contributed by atoms with van der Waals surface area (Å²) in [5, 5.41) is 14.7. The molecule has 0 aliphatic heterocycles. The number of thiophene rings is 1.